The lowest BCUT2D eigenvalue weighted by atomic mass is 10.0. The molecule has 2 aromatic rings. The van der Waals surface area contributed by atoms with Gasteiger partial charge in [-0.05, 0) is 43.9 Å². The Hall–Kier alpha value is -3.82. The first kappa shape index (κ1) is 19.2. The van der Waals surface area contributed by atoms with Crippen LogP contribution in [0.15, 0.2) is 41.9 Å². The van der Waals surface area contributed by atoms with E-state index >= 15 is 0 Å². The van der Waals surface area contributed by atoms with Crippen LogP contribution in [-0.4, -0.2) is 66.9 Å². The van der Waals surface area contributed by atoms with Gasteiger partial charge in [0.1, 0.15) is 11.4 Å². The molecule has 2 aromatic heterocycles. The van der Waals surface area contributed by atoms with Crippen molar-refractivity contribution in [3.8, 4) is 17.0 Å². The van der Waals surface area contributed by atoms with Gasteiger partial charge in [0.2, 0.25) is 5.91 Å². The monoisotopic (exact) mass is 420 g/mol. The second-order valence-electron chi connectivity index (χ2n) is 7.85. The van der Waals surface area contributed by atoms with E-state index in [1.807, 2.05) is 0 Å². The molecule has 1 fully saturated rings. The Labute approximate surface area is 177 Å². The third kappa shape index (κ3) is 3.60. The van der Waals surface area contributed by atoms with Gasteiger partial charge in [-0.2, -0.15) is 0 Å². The first-order valence-corrected chi connectivity index (χ1v) is 10.2. The molecule has 0 bridgehead atoms. The van der Waals surface area contributed by atoms with Gasteiger partial charge in [0.05, 0.1) is 18.4 Å². The highest BCUT2D eigenvalue weighted by Gasteiger charge is 2.48. The number of hydrogen-bond acceptors (Lipinski definition) is 8. The maximum absolute atomic E-state index is 12.8. The van der Waals surface area contributed by atoms with Gasteiger partial charge < -0.3 is 15.3 Å². The van der Waals surface area contributed by atoms with Crippen LogP contribution >= 0.6 is 0 Å². The number of rotatable bonds is 5. The highest BCUT2D eigenvalue weighted by molar-refractivity contribution is 6.19. The van der Waals surface area contributed by atoms with Crippen molar-refractivity contribution in [2.45, 2.75) is 31.7 Å². The predicted octanol–water partition coefficient (Wildman–Crippen LogP) is 1.06. The number of nitrogens with zero attached hydrogens (tertiary/aromatic N) is 5. The van der Waals surface area contributed by atoms with Crippen LogP contribution in [0.2, 0.25) is 0 Å². The molecule has 1 aliphatic carbocycles. The fourth-order valence-corrected chi connectivity index (χ4v) is 3.99. The number of pyridine rings is 1. The van der Waals surface area contributed by atoms with Gasteiger partial charge in [0.25, 0.3) is 11.8 Å². The number of aromatic hydroxyl groups is 1. The van der Waals surface area contributed by atoms with E-state index in [1.165, 1.54) is 17.2 Å². The molecule has 5 rings (SSSR count). The van der Waals surface area contributed by atoms with Crippen molar-refractivity contribution in [2.75, 3.05) is 18.4 Å². The summed E-state index contributed by atoms with van der Waals surface area (Å²) in [6.45, 7) is 0.495. The summed E-state index contributed by atoms with van der Waals surface area (Å²) >= 11 is 0. The van der Waals surface area contributed by atoms with Crippen molar-refractivity contribution in [2.24, 2.45) is 0 Å². The summed E-state index contributed by atoms with van der Waals surface area (Å²) in [6, 6.07) is 4.79. The Morgan fingerprint density at radius 3 is 2.71 bits per heavy atom. The van der Waals surface area contributed by atoms with Crippen LogP contribution in [0, 0.1) is 0 Å². The summed E-state index contributed by atoms with van der Waals surface area (Å²) in [4.78, 5) is 45.0. The molecule has 3 amide bonds. The minimum atomic E-state index is -0.347. The van der Waals surface area contributed by atoms with Gasteiger partial charge in [-0.3, -0.25) is 24.3 Å². The van der Waals surface area contributed by atoms with Crippen molar-refractivity contribution in [3.63, 3.8) is 0 Å². The third-order valence-corrected chi connectivity index (χ3v) is 5.55. The molecule has 0 spiro atoms. The van der Waals surface area contributed by atoms with E-state index in [2.05, 4.69) is 20.5 Å². The molecule has 1 saturated carbocycles. The van der Waals surface area contributed by atoms with E-state index in [0.717, 1.165) is 19.3 Å². The molecule has 0 saturated heterocycles. The summed E-state index contributed by atoms with van der Waals surface area (Å²) in [5, 5.41) is 20.3. The first-order valence-electron chi connectivity index (χ1n) is 10.2. The van der Waals surface area contributed by atoms with Crippen molar-refractivity contribution in [3.05, 3.63) is 41.9 Å². The molecule has 2 N–H and O–H groups in total. The quantitative estimate of drug-likeness (QED) is 0.687. The van der Waals surface area contributed by atoms with Crippen molar-refractivity contribution in [1.29, 1.82) is 0 Å². The lowest BCUT2D eigenvalue weighted by Crippen LogP contribution is -2.40. The molecule has 0 atom stereocenters. The maximum Gasteiger partial charge on any atom is 0.277 e. The fraction of sp³-hybridized carbons (Fsp3) is 0.333. The van der Waals surface area contributed by atoms with E-state index in [9.17, 15) is 19.5 Å². The number of imide groups is 1. The molecule has 31 heavy (non-hydrogen) atoms. The SMILES string of the molecule is O=C(CN1CCCC2=C1C(=O)N(C1CC1)C2=O)Nc1ccc(-c2cncc(O)c2)nn1. The second kappa shape index (κ2) is 7.46. The van der Waals surface area contributed by atoms with Crippen LogP contribution in [0.4, 0.5) is 5.82 Å². The first-order chi connectivity index (χ1) is 15.0. The minimum absolute atomic E-state index is 0.0109. The Morgan fingerprint density at radius 1 is 1.16 bits per heavy atom. The third-order valence-electron chi connectivity index (χ3n) is 5.55. The maximum atomic E-state index is 12.8. The van der Waals surface area contributed by atoms with Crippen molar-refractivity contribution >= 4 is 23.5 Å². The predicted molar refractivity (Wildman–Crippen MR) is 108 cm³/mol. The lowest BCUT2D eigenvalue weighted by molar-refractivity contribution is -0.138. The Bertz CT molecular complexity index is 1110. The van der Waals surface area contributed by atoms with Gasteiger partial charge in [0.15, 0.2) is 5.82 Å². The van der Waals surface area contributed by atoms with E-state index in [1.54, 1.807) is 23.2 Å². The molecule has 4 heterocycles. The highest BCUT2D eigenvalue weighted by atomic mass is 16.3. The smallest absolute Gasteiger partial charge is 0.277 e. The summed E-state index contributed by atoms with van der Waals surface area (Å²) in [6.07, 6.45) is 5.86. The zero-order valence-electron chi connectivity index (χ0n) is 16.6. The number of carbonyl (C=O) groups excluding carboxylic acids is 3. The van der Waals surface area contributed by atoms with Gasteiger partial charge in [-0.1, -0.05) is 0 Å². The average Bonchev–Trinajstić information content (AvgIpc) is 3.55. The Balaban J connectivity index is 1.26. The van der Waals surface area contributed by atoms with Gasteiger partial charge in [0, 0.05) is 29.9 Å². The van der Waals surface area contributed by atoms with Crippen LogP contribution < -0.4 is 5.32 Å². The van der Waals surface area contributed by atoms with E-state index in [-0.39, 0.29) is 41.9 Å². The van der Waals surface area contributed by atoms with Crippen molar-refractivity contribution < 1.29 is 19.5 Å². The van der Waals surface area contributed by atoms with Crippen molar-refractivity contribution in [1.82, 2.24) is 25.0 Å². The van der Waals surface area contributed by atoms with E-state index < -0.39 is 0 Å². The fourth-order valence-electron chi connectivity index (χ4n) is 3.99. The Morgan fingerprint density at radius 2 is 2.00 bits per heavy atom. The number of aromatic nitrogens is 3. The molecule has 2 aliphatic heterocycles. The molecule has 10 heteroatoms. The van der Waals surface area contributed by atoms with E-state index in [0.29, 0.717) is 35.5 Å². The van der Waals surface area contributed by atoms with Crippen LogP contribution in [0.3, 0.4) is 0 Å². The number of nitrogens with one attached hydrogen (secondary N) is 1. The summed E-state index contributed by atoms with van der Waals surface area (Å²) in [5.41, 5.74) is 2.00. The number of anilines is 1. The summed E-state index contributed by atoms with van der Waals surface area (Å²) in [7, 11) is 0. The highest BCUT2D eigenvalue weighted by Crippen LogP contribution is 2.38. The minimum Gasteiger partial charge on any atom is -0.506 e. The standard InChI is InChI=1S/C21H20N6O4/c28-14-8-12(9-22-10-14)16-5-6-17(25-24-16)23-18(29)11-26-7-1-2-15-19(26)21(31)27(20(15)30)13-3-4-13/h5-6,8-10,13,28H,1-4,7,11H2,(H,23,25,29). The number of hydrogen-bond donors (Lipinski definition) is 2. The zero-order valence-corrected chi connectivity index (χ0v) is 16.6. The van der Waals surface area contributed by atoms with Gasteiger partial charge in [-0.25, -0.2) is 0 Å². The topological polar surface area (TPSA) is 129 Å². The zero-order chi connectivity index (χ0) is 21.5. The normalized spacial score (nSPS) is 18.5. The molecule has 158 valence electrons. The summed E-state index contributed by atoms with van der Waals surface area (Å²) in [5.74, 6) is -0.539. The van der Waals surface area contributed by atoms with Crippen LogP contribution in [0.5, 0.6) is 5.75 Å². The number of amides is 3. The molecular weight excluding hydrogens is 400 g/mol. The molecule has 0 aromatic carbocycles. The number of carbonyl (C=O) groups is 3. The largest absolute Gasteiger partial charge is 0.506 e. The van der Waals surface area contributed by atoms with E-state index in [4.69, 9.17) is 0 Å². The molecule has 10 nitrogen and oxygen atoms in total. The van der Waals surface area contributed by atoms with Crippen LogP contribution in [0.1, 0.15) is 25.7 Å². The second-order valence-corrected chi connectivity index (χ2v) is 7.85. The molecular formula is C21H20N6O4. The molecule has 0 radical (unpaired) electrons. The summed E-state index contributed by atoms with van der Waals surface area (Å²) < 4.78 is 0. The molecule has 3 aliphatic rings. The van der Waals surface area contributed by atoms with Gasteiger partial charge >= 0.3 is 0 Å². The Kier molecular flexibility index (Phi) is 4.61. The average molecular weight is 420 g/mol. The lowest BCUT2D eigenvalue weighted by Gasteiger charge is -2.28. The van der Waals surface area contributed by atoms with Crippen LogP contribution in [0.25, 0.3) is 11.3 Å². The molecule has 0 unspecified atom stereocenters. The van der Waals surface area contributed by atoms with Crippen LogP contribution in [-0.2, 0) is 14.4 Å². The van der Waals surface area contributed by atoms with Gasteiger partial charge in [-0.15, -0.1) is 10.2 Å².